The maximum absolute atomic E-state index is 12.6. The number of nitrogens with one attached hydrogen (secondary N) is 2. The number of thioether (sulfide) groups is 1. The minimum Gasteiger partial charge on any atom is -0.343 e. The predicted octanol–water partition coefficient (Wildman–Crippen LogP) is 1.77. The molecule has 3 heterocycles. The number of likely N-dealkylation sites (tertiary alicyclic amines) is 1. The molecule has 0 bridgehead atoms. The molecule has 0 aliphatic carbocycles. The Labute approximate surface area is 145 Å². The number of rotatable bonds is 3. The number of carbonyl (C=O) groups excluding carboxylic acids is 2. The monoisotopic (exact) mass is 343 g/mol. The number of benzene rings is 1. The van der Waals surface area contributed by atoms with Crippen LogP contribution < -0.4 is 10.6 Å². The average Bonchev–Trinajstić information content (AvgIpc) is 3.25. The van der Waals surface area contributed by atoms with Crippen LogP contribution in [0.15, 0.2) is 35.7 Å². The van der Waals surface area contributed by atoms with Crippen LogP contribution in [0.1, 0.15) is 24.8 Å². The molecule has 2 saturated heterocycles. The van der Waals surface area contributed by atoms with Crippen LogP contribution in [-0.2, 0) is 9.59 Å². The molecule has 3 unspecified atom stereocenters. The van der Waals surface area contributed by atoms with Crippen molar-refractivity contribution in [2.75, 3.05) is 13.1 Å². The van der Waals surface area contributed by atoms with Crippen molar-refractivity contribution in [3.05, 3.63) is 41.3 Å². The van der Waals surface area contributed by atoms with Gasteiger partial charge in [0.2, 0.25) is 11.8 Å². The number of amides is 2. The van der Waals surface area contributed by atoms with Gasteiger partial charge in [-0.05, 0) is 29.4 Å². The van der Waals surface area contributed by atoms with E-state index in [-0.39, 0.29) is 29.3 Å². The SMILES string of the molecule is O=C1NC(CC(=O)N2CCCC2)NC2SC=C(c3ccccc3)C12. The molecule has 4 rings (SSSR count). The number of nitrogens with zero attached hydrogens (tertiary/aromatic N) is 1. The van der Waals surface area contributed by atoms with E-state index < -0.39 is 0 Å². The third kappa shape index (κ3) is 2.96. The molecular formula is C18H21N3O2S. The van der Waals surface area contributed by atoms with Crippen molar-refractivity contribution in [2.24, 2.45) is 5.92 Å². The third-order valence-corrected chi connectivity index (χ3v) is 5.98. The molecule has 3 aliphatic rings. The smallest absolute Gasteiger partial charge is 0.231 e. The lowest BCUT2D eigenvalue weighted by Gasteiger charge is -2.34. The van der Waals surface area contributed by atoms with Gasteiger partial charge in [-0.15, -0.1) is 11.8 Å². The maximum Gasteiger partial charge on any atom is 0.231 e. The van der Waals surface area contributed by atoms with Crippen molar-refractivity contribution in [1.29, 1.82) is 0 Å². The van der Waals surface area contributed by atoms with Crippen LogP contribution in [0, 0.1) is 5.92 Å². The fraction of sp³-hybridized carbons (Fsp3) is 0.444. The van der Waals surface area contributed by atoms with Crippen LogP contribution >= 0.6 is 11.8 Å². The molecule has 1 aromatic carbocycles. The summed E-state index contributed by atoms with van der Waals surface area (Å²) in [4.78, 5) is 26.9. The number of hydrogen-bond acceptors (Lipinski definition) is 4. The van der Waals surface area contributed by atoms with Gasteiger partial charge in [-0.25, -0.2) is 0 Å². The zero-order valence-electron chi connectivity index (χ0n) is 13.4. The standard InChI is InChI=1S/C18H21N3O2S/c22-15(21-8-4-5-9-21)10-14-19-17(23)16-13(11-24-18(16)20-14)12-6-2-1-3-7-12/h1-3,6-7,11,14,16,18,20H,4-5,8-10H2,(H,19,23). The molecule has 0 radical (unpaired) electrons. The summed E-state index contributed by atoms with van der Waals surface area (Å²) < 4.78 is 0. The first-order chi connectivity index (χ1) is 11.7. The van der Waals surface area contributed by atoms with Crippen LogP contribution in [0.3, 0.4) is 0 Å². The largest absolute Gasteiger partial charge is 0.343 e. The van der Waals surface area contributed by atoms with E-state index >= 15 is 0 Å². The van der Waals surface area contributed by atoms with Gasteiger partial charge < -0.3 is 10.2 Å². The average molecular weight is 343 g/mol. The topological polar surface area (TPSA) is 61.4 Å². The van der Waals surface area contributed by atoms with E-state index in [1.54, 1.807) is 11.8 Å². The van der Waals surface area contributed by atoms with Crippen LogP contribution in [0.5, 0.6) is 0 Å². The van der Waals surface area contributed by atoms with Crippen molar-refractivity contribution in [3.63, 3.8) is 0 Å². The molecule has 3 atom stereocenters. The van der Waals surface area contributed by atoms with Gasteiger partial charge in [0.05, 0.1) is 23.9 Å². The van der Waals surface area contributed by atoms with Gasteiger partial charge in [0.15, 0.2) is 0 Å². The highest BCUT2D eigenvalue weighted by molar-refractivity contribution is 8.03. The zero-order valence-corrected chi connectivity index (χ0v) is 14.2. The van der Waals surface area contributed by atoms with E-state index in [0.29, 0.717) is 6.42 Å². The van der Waals surface area contributed by atoms with E-state index in [1.165, 1.54) is 0 Å². The summed E-state index contributed by atoms with van der Waals surface area (Å²) in [6.07, 6.45) is 2.22. The molecular weight excluding hydrogens is 322 g/mol. The second-order valence-electron chi connectivity index (χ2n) is 6.49. The Hall–Kier alpha value is -1.79. The summed E-state index contributed by atoms with van der Waals surface area (Å²) in [5.74, 6) is -0.0587. The van der Waals surface area contributed by atoms with Crippen LogP contribution in [-0.4, -0.2) is 41.3 Å². The second kappa shape index (κ2) is 6.61. The second-order valence-corrected chi connectivity index (χ2v) is 7.51. The van der Waals surface area contributed by atoms with E-state index in [4.69, 9.17) is 0 Å². The molecule has 2 N–H and O–H groups in total. The van der Waals surface area contributed by atoms with Crippen molar-refractivity contribution >= 4 is 29.1 Å². The Balaban J connectivity index is 1.42. The normalized spacial score (nSPS) is 29.2. The minimum absolute atomic E-state index is 0.00494. The van der Waals surface area contributed by atoms with Gasteiger partial charge in [-0.1, -0.05) is 30.3 Å². The van der Waals surface area contributed by atoms with Crippen molar-refractivity contribution in [2.45, 2.75) is 30.8 Å². The van der Waals surface area contributed by atoms with Crippen molar-refractivity contribution in [3.8, 4) is 0 Å². The molecule has 1 aromatic rings. The summed E-state index contributed by atoms with van der Waals surface area (Å²) in [5, 5.41) is 8.50. The molecule has 126 valence electrons. The summed E-state index contributed by atoms with van der Waals surface area (Å²) >= 11 is 1.64. The number of carbonyl (C=O) groups is 2. The number of hydrogen-bond donors (Lipinski definition) is 2. The lowest BCUT2D eigenvalue weighted by molar-refractivity contribution is -0.132. The molecule has 24 heavy (non-hydrogen) atoms. The Bertz CT molecular complexity index is 670. The highest BCUT2D eigenvalue weighted by atomic mass is 32.2. The lowest BCUT2D eigenvalue weighted by Crippen LogP contribution is -2.60. The fourth-order valence-electron chi connectivity index (χ4n) is 3.64. The highest BCUT2D eigenvalue weighted by Gasteiger charge is 2.42. The minimum atomic E-state index is -0.275. The predicted molar refractivity (Wildman–Crippen MR) is 94.8 cm³/mol. The first-order valence-corrected chi connectivity index (χ1v) is 9.42. The molecule has 6 heteroatoms. The van der Waals surface area contributed by atoms with Crippen molar-refractivity contribution in [1.82, 2.24) is 15.5 Å². The quantitative estimate of drug-likeness (QED) is 0.878. The first kappa shape index (κ1) is 15.7. The van der Waals surface area contributed by atoms with Crippen LogP contribution in [0.2, 0.25) is 0 Å². The Morgan fingerprint density at radius 1 is 1.21 bits per heavy atom. The maximum atomic E-state index is 12.6. The molecule has 0 saturated carbocycles. The molecule has 0 spiro atoms. The molecule has 3 aliphatic heterocycles. The summed E-state index contributed by atoms with van der Waals surface area (Å²) in [6, 6.07) is 10.0. The highest BCUT2D eigenvalue weighted by Crippen LogP contribution is 2.41. The van der Waals surface area contributed by atoms with Gasteiger partial charge in [0, 0.05) is 13.1 Å². The molecule has 2 amide bonds. The Kier molecular flexibility index (Phi) is 4.33. The summed E-state index contributed by atoms with van der Waals surface area (Å²) in [5.41, 5.74) is 2.14. The number of fused-ring (bicyclic) bond motifs is 1. The molecule has 5 nitrogen and oxygen atoms in total. The zero-order chi connectivity index (χ0) is 16.5. The lowest BCUT2D eigenvalue weighted by atomic mass is 9.91. The van der Waals surface area contributed by atoms with Crippen molar-refractivity contribution < 1.29 is 9.59 Å². The van der Waals surface area contributed by atoms with E-state index in [0.717, 1.165) is 37.1 Å². The fourth-order valence-corrected chi connectivity index (χ4v) is 4.88. The van der Waals surface area contributed by atoms with Gasteiger partial charge in [0.1, 0.15) is 0 Å². The summed E-state index contributed by atoms with van der Waals surface area (Å²) in [6.45, 7) is 1.69. The third-order valence-electron chi connectivity index (χ3n) is 4.89. The molecule has 2 fully saturated rings. The van der Waals surface area contributed by atoms with E-state index in [1.807, 2.05) is 35.2 Å². The van der Waals surface area contributed by atoms with Crippen LogP contribution in [0.25, 0.3) is 5.57 Å². The van der Waals surface area contributed by atoms with E-state index in [2.05, 4.69) is 16.0 Å². The summed E-state index contributed by atoms with van der Waals surface area (Å²) in [7, 11) is 0. The van der Waals surface area contributed by atoms with Gasteiger partial charge >= 0.3 is 0 Å². The first-order valence-electron chi connectivity index (χ1n) is 8.47. The van der Waals surface area contributed by atoms with Crippen LogP contribution in [0.4, 0.5) is 0 Å². The van der Waals surface area contributed by atoms with Gasteiger partial charge in [-0.2, -0.15) is 0 Å². The molecule has 0 aromatic heterocycles. The van der Waals surface area contributed by atoms with Gasteiger partial charge in [0.25, 0.3) is 0 Å². The Morgan fingerprint density at radius 3 is 2.71 bits per heavy atom. The van der Waals surface area contributed by atoms with E-state index in [9.17, 15) is 9.59 Å². The van der Waals surface area contributed by atoms with Gasteiger partial charge in [-0.3, -0.25) is 14.9 Å². The Morgan fingerprint density at radius 2 is 1.96 bits per heavy atom.